The molecule has 180 valence electrons. The van der Waals surface area contributed by atoms with Gasteiger partial charge in [0.15, 0.2) is 0 Å². The molecule has 0 aliphatic heterocycles. The molecule has 8 N–H and O–H groups in total. The summed E-state index contributed by atoms with van der Waals surface area (Å²) in [7, 11) is 0. The lowest BCUT2D eigenvalue weighted by Gasteiger charge is -2.28. The van der Waals surface area contributed by atoms with Crippen molar-refractivity contribution in [2.45, 2.75) is 90.8 Å². The van der Waals surface area contributed by atoms with E-state index >= 15 is 0 Å². The van der Waals surface area contributed by atoms with Crippen LogP contribution in [-0.4, -0.2) is 75.4 Å². The first-order valence-corrected chi connectivity index (χ1v) is 10.5. The van der Waals surface area contributed by atoms with Crippen LogP contribution in [0.3, 0.4) is 0 Å². The van der Waals surface area contributed by atoms with Gasteiger partial charge in [0.2, 0.25) is 17.7 Å². The van der Waals surface area contributed by atoms with Crippen molar-refractivity contribution >= 4 is 23.7 Å². The van der Waals surface area contributed by atoms with Crippen LogP contribution in [0.2, 0.25) is 0 Å². The Hall–Kier alpha value is -2.24. The van der Waals surface area contributed by atoms with E-state index in [4.69, 9.17) is 5.73 Å². The number of amides is 3. The smallest absolute Gasteiger partial charge is 0.326 e. The molecule has 0 heterocycles. The number of carbonyl (C=O) groups excluding carboxylic acids is 3. The molecule has 0 bridgehead atoms. The van der Waals surface area contributed by atoms with Crippen LogP contribution < -0.4 is 21.7 Å². The highest BCUT2D eigenvalue weighted by molar-refractivity contribution is 5.94. The van der Waals surface area contributed by atoms with Crippen molar-refractivity contribution in [3.05, 3.63) is 0 Å². The van der Waals surface area contributed by atoms with Crippen molar-refractivity contribution < 1.29 is 34.5 Å². The Morgan fingerprint density at radius 2 is 1.23 bits per heavy atom. The van der Waals surface area contributed by atoms with Gasteiger partial charge in [0.25, 0.3) is 0 Å². The second-order valence-corrected chi connectivity index (χ2v) is 8.39. The molecule has 0 rings (SSSR count). The molecule has 0 unspecified atom stereocenters. The van der Waals surface area contributed by atoms with Crippen molar-refractivity contribution in [3.63, 3.8) is 0 Å². The van der Waals surface area contributed by atoms with Crippen LogP contribution in [0, 0.1) is 11.8 Å². The second-order valence-electron chi connectivity index (χ2n) is 8.39. The quantitative estimate of drug-likeness (QED) is 0.182. The lowest BCUT2D eigenvalue weighted by atomic mass is 9.98. The Bertz CT molecular complexity index is 625. The van der Waals surface area contributed by atoms with Gasteiger partial charge in [-0.1, -0.05) is 34.1 Å². The Morgan fingerprint density at radius 1 is 0.806 bits per heavy atom. The largest absolute Gasteiger partial charge is 0.480 e. The molecule has 0 fully saturated rings. The molecule has 0 saturated heterocycles. The normalized spacial score (nSPS) is 18.1. The van der Waals surface area contributed by atoms with Gasteiger partial charge < -0.3 is 37.0 Å². The van der Waals surface area contributed by atoms with Gasteiger partial charge >= 0.3 is 5.97 Å². The summed E-state index contributed by atoms with van der Waals surface area (Å²) in [5.74, 6) is -3.89. The highest BCUT2D eigenvalue weighted by Gasteiger charge is 2.34. The summed E-state index contributed by atoms with van der Waals surface area (Å²) in [5.41, 5.74) is 5.86. The topological polar surface area (TPSA) is 191 Å². The van der Waals surface area contributed by atoms with Gasteiger partial charge in [-0.05, 0) is 32.1 Å². The fourth-order valence-electron chi connectivity index (χ4n) is 2.77. The summed E-state index contributed by atoms with van der Waals surface area (Å²) in [4.78, 5) is 48.9. The maximum atomic E-state index is 12.7. The maximum Gasteiger partial charge on any atom is 0.326 e. The lowest BCUT2D eigenvalue weighted by Crippen LogP contribution is -2.62. The molecular weight excluding hydrogens is 408 g/mol. The molecule has 0 saturated carbocycles. The predicted molar refractivity (Wildman–Crippen MR) is 114 cm³/mol. The highest BCUT2D eigenvalue weighted by atomic mass is 16.4. The Morgan fingerprint density at radius 3 is 1.58 bits per heavy atom. The molecule has 31 heavy (non-hydrogen) atoms. The summed E-state index contributed by atoms with van der Waals surface area (Å²) < 4.78 is 0. The van der Waals surface area contributed by atoms with E-state index < -0.39 is 60.1 Å². The first-order chi connectivity index (χ1) is 14.2. The van der Waals surface area contributed by atoms with Crippen LogP contribution >= 0.6 is 0 Å². The van der Waals surface area contributed by atoms with Gasteiger partial charge in [0.05, 0.1) is 18.2 Å². The molecular formula is C20H38N4O7. The number of rotatable bonds is 13. The van der Waals surface area contributed by atoms with E-state index in [-0.39, 0.29) is 18.3 Å². The van der Waals surface area contributed by atoms with E-state index in [0.29, 0.717) is 6.42 Å². The zero-order valence-corrected chi connectivity index (χ0v) is 19.1. The van der Waals surface area contributed by atoms with Gasteiger partial charge in [-0.3, -0.25) is 14.4 Å². The van der Waals surface area contributed by atoms with E-state index in [1.807, 2.05) is 6.92 Å². The molecule has 11 heteroatoms. The fraction of sp³-hybridized carbons (Fsp3) is 0.800. The molecule has 7 atom stereocenters. The van der Waals surface area contributed by atoms with Crippen LogP contribution in [0.15, 0.2) is 0 Å². The third-order valence-corrected chi connectivity index (χ3v) is 5.01. The van der Waals surface area contributed by atoms with Crippen molar-refractivity contribution in [1.82, 2.24) is 16.0 Å². The molecule has 0 aliphatic rings. The van der Waals surface area contributed by atoms with Gasteiger partial charge in [0.1, 0.15) is 18.1 Å². The summed E-state index contributed by atoms with van der Waals surface area (Å²) in [6, 6.07) is -5.03. The number of aliphatic hydroxyl groups is 2. The number of nitrogens with one attached hydrogen (secondary N) is 3. The van der Waals surface area contributed by atoms with Crippen LogP contribution in [0.25, 0.3) is 0 Å². The molecule has 3 amide bonds. The predicted octanol–water partition coefficient (Wildman–Crippen LogP) is -1.29. The fourth-order valence-corrected chi connectivity index (χ4v) is 2.77. The van der Waals surface area contributed by atoms with E-state index in [0.717, 1.165) is 0 Å². The van der Waals surface area contributed by atoms with E-state index in [2.05, 4.69) is 16.0 Å². The van der Waals surface area contributed by atoms with Gasteiger partial charge in [-0.15, -0.1) is 0 Å². The second kappa shape index (κ2) is 13.2. The average Bonchev–Trinajstić information content (AvgIpc) is 2.66. The highest BCUT2D eigenvalue weighted by Crippen LogP contribution is 2.08. The van der Waals surface area contributed by atoms with Crippen LogP contribution in [0.4, 0.5) is 0 Å². The molecule has 0 aliphatic carbocycles. The number of hydrogen-bond donors (Lipinski definition) is 7. The number of carboxylic acid groups (broad SMARTS) is 1. The number of carboxylic acids is 1. The minimum absolute atomic E-state index is 0.0226. The third-order valence-electron chi connectivity index (χ3n) is 5.01. The van der Waals surface area contributed by atoms with E-state index in [1.54, 1.807) is 20.8 Å². The average molecular weight is 447 g/mol. The third kappa shape index (κ3) is 9.62. The van der Waals surface area contributed by atoms with E-state index in [1.165, 1.54) is 13.8 Å². The number of nitrogens with two attached hydrogens (primary N) is 1. The Labute approximate surface area is 183 Å². The van der Waals surface area contributed by atoms with Gasteiger partial charge in [-0.2, -0.15) is 0 Å². The standard InChI is InChI=1S/C20H38N4O7/c1-7-10(4)14(21)17(27)23-16(12(6)26)19(29)24-15(11(5)25)18(28)22-13(20(30)31)8-9(2)3/h9-16,25-26H,7-8,21H2,1-6H3,(H,22,28)(H,23,27)(H,24,29)(H,30,31)/t10-,11+,12+,13-,14-,15-,16-/m0/s1. The first-order valence-electron chi connectivity index (χ1n) is 10.5. The molecule has 0 aromatic rings. The van der Waals surface area contributed by atoms with Crippen molar-refractivity contribution in [3.8, 4) is 0 Å². The SMILES string of the molecule is CC[C@H](C)[C@H](N)C(=O)N[C@H](C(=O)N[C@H](C(=O)N[C@@H](CC(C)C)C(=O)O)[C@@H](C)O)[C@@H](C)O. The van der Waals surface area contributed by atoms with Crippen LogP contribution in [-0.2, 0) is 19.2 Å². The molecule has 0 aromatic carbocycles. The summed E-state index contributed by atoms with van der Waals surface area (Å²) in [6.07, 6.45) is -1.91. The Balaban J connectivity index is 5.38. The molecule has 11 nitrogen and oxygen atoms in total. The minimum atomic E-state index is -1.50. The first kappa shape index (κ1) is 28.8. The van der Waals surface area contributed by atoms with Gasteiger partial charge in [0, 0.05) is 0 Å². The van der Waals surface area contributed by atoms with Crippen LogP contribution in [0.1, 0.15) is 54.4 Å². The van der Waals surface area contributed by atoms with Crippen molar-refractivity contribution in [1.29, 1.82) is 0 Å². The zero-order chi connectivity index (χ0) is 24.5. The lowest BCUT2D eigenvalue weighted by molar-refractivity contribution is -0.143. The Kier molecular flexibility index (Phi) is 12.3. The molecule has 0 aromatic heterocycles. The number of hydrogen-bond acceptors (Lipinski definition) is 7. The monoisotopic (exact) mass is 446 g/mol. The summed E-state index contributed by atoms with van der Waals surface area (Å²) in [6.45, 7) is 9.72. The van der Waals surface area contributed by atoms with Crippen molar-refractivity contribution in [2.75, 3.05) is 0 Å². The zero-order valence-electron chi connectivity index (χ0n) is 19.1. The van der Waals surface area contributed by atoms with E-state index in [9.17, 15) is 34.5 Å². The van der Waals surface area contributed by atoms with Gasteiger partial charge in [-0.25, -0.2) is 4.79 Å². The molecule has 0 radical (unpaired) electrons. The minimum Gasteiger partial charge on any atom is -0.480 e. The maximum absolute atomic E-state index is 12.7. The summed E-state index contributed by atoms with van der Waals surface area (Å²) in [5, 5.41) is 36.2. The van der Waals surface area contributed by atoms with Crippen LogP contribution in [0.5, 0.6) is 0 Å². The summed E-state index contributed by atoms with van der Waals surface area (Å²) >= 11 is 0. The number of aliphatic carboxylic acids is 1. The number of carbonyl (C=O) groups is 4. The van der Waals surface area contributed by atoms with Crippen molar-refractivity contribution in [2.24, 2.45) is 17.6 Å². The molecule has 0 spiro atoms. The number of aliphatic hydroxyl groups excluding tert-OH is 2.